The van der Waals surface area contributed by atoms with E-state index in [1.165, 1.54) is 23.6 Å². The Morgan fingerprint density at radius 1 is 0.611 bits per heavy atom. The average Bonchev–Trinajstić information content (AvgIpc) is 3.19. The van der Waals surface area contributed by atoms with Gasteiger partial charge in [-0.3, -0.25) is 0 Å². The zero-order chi connectivity index (χ0) is 12.4. The van der Waals surface area contributed by atoms with Gasteiger partial charge in [0.05, 0.1) is 0 Å². The first kappa shape index (κ1) is 12.6. The molecule has 0 radical (unpaired) electrons. The number of fused-ring (bicyclic) bond motifs is 1. The average molecular weight is 282 g/mol. The van der Waals surface area contributed by atoms with Gasteiger partial charge in [0, 0.05) is 10.8 Å². The van der Waals surface area contributed by atoms with Crippen molar-refractivity contribution < 1.29 is 0 Å². The fourth-order valence-electron chi connectivity index (χ4n) is 5.11. The third-order valence-corrected chi connectivity index (χ3v) is 16.4. The van der Waals surface area contributed by atoms with Gasteiger partial charge in [0.1, 0.15) is 0 Å². The lowest BCUT2D eigenvalue weighted by Gasteiger charge is -2.42. The lowest BCUT2D eigenvalue weighted by molar-refractivity contribution is 0.222. The molecule has 0 amide bonds. The summed E-state index contributed by atoms with van der Waals surface area (Å²) < 4.78 is 0. The quantitative estimate of drug-likeness (QED) is 0.508. The van der Waals surface area contributed by atoms with E-state index in [2.05, 4.69) is 13.8 Å². The van der Waals surface area contributed by atoms with E-state index in [4.69, 9.17) is 0 Å². The molecule has 2 saturated heterocycles. The Balaban J connectivity index is 1.39. The number of rotatable bonds is 2. The molecule has 2 heteroatoms. The zero-order valence-corrected chi connectivity index (χ0v) is 13.9. The van der Waals surface area contributed by atoms with E-state index in [-0.39, 0.29) is 0 Å². The van der Waals surface area contributed by atoms with Crippen LogP contribution in [0.1, 0.15) is 78.1 Å². The van der Waals surface area contributed by atoms with Crippen LogP contribution in [0.3, 0.4) is 0 Å². The molecular formula is C16H28P2. The molecule has 0 bridgehead atoms. The highest BCUT2D eigenvalue weighted by Crippen LogP contribution is 3.22. The van der Waals surface area contributed by atoms with E-state index >= 15 is 0 Å². The highest BCUT2D eigenvalue weighted by Gasteiger charge is 2.80. The normalized spacial score (nSPS) is 48.3. The molecule has 0 N–H and O–H groups in total. The van der Waals surface area contributed by atoms with Crippen LogP contribution < -0.4 is 0 Å². The predicted octanol–water partition coefficient (Wildman–Crippen LogP) is 6.49. The summed E-state index contributed by atoms with van der Waals surface area (Å²) in [4.78, 5) is 0. The van der Waals surface area contributed by atoms with Crippen LogP contribution in [-0.4, -0.2) is 10.8 Å². The number of hydrogen-bond donors (Lipinski definition) is 0. The van der Waals surface area contributed by atoms with Crippen molar-refractivity contribution in [2.24, 2.45) is 10.8 Å². The van der Waals surface area contributed by atoms with Gasteiger partial charge in [-0.15, -0.1) is 0 Å². The topological polar surface area (TPSA) is 0 Å². The van der Waals surface area contributed by atoms with E-state index in [0.29, 0.717) is 15.2 Å². The molecular weight excluding hydrogens is 254 g/mol. The Morgan fingerprint density at radius 3 is 1.28 bits per heavy atom. The summed E-state index contributed by atoms with van der Waals surface area (Å²) in [5.41, 5.74) is 1.66. The molecule has 0 nitrogen and oxygen atoms in total. The molecule has 4 rings (SSSR count). The van der Waals surface area contributed by atoms with Gasteiger partial charge in [-0.2, -0.15) is 0 Å². The molecule has 0 aromatic heterocycles. The van der Waals surface area contributed by atoms with Crippen molar-refractivity contribution in [2.45, 2.75) is 88.9 Å². The van der Waals surface area contributed by atoms with Gasteiger partial charge in [0.25, 0.3) is 0 Å². The molecule has 4 aliphatic rings. The minimum Gasteiger partial charge on any atom is -0.0627 e. The molecule has 18 heavy (non-hydrogen) atoms. The van der Waals surface area contributed by atoms with Gasteiger partial charge < -0.3 is 0 Å². The maximum absolute atomic E-state index is 2.66. The van der Waals surface area contributed by atoms with Crippen LogP contribution in [0.25, 0.3) is 0 Å². The van der Waals surface area contributed by atoms with Crippen LogP contribution >= 0.6 is 15.2 Å². The van der Waals surface area contributed by atoms with Gasteiger partial charge in [-0.1, -0.05) is 67.6 Å². The van der Waals surface area contributed by atoms with Crippen LogP contribution in [-0.2, 0) is 0 Å². The Morgan fingerprint density at radius 2 is 0.944 bits per heavy atom. The second-order valence-corrected chi connectivity index (χ2v) is 15.1. The van der Waals surface area contributed by atoms with Crippen molar-refractivity contribution in [2.75, 3.05) is 0 Å². The Hall–Kier alpha value is 0.860. The number of hydrogen-bond acceptors (Lipinski definition) is 0. The van der Waals surface area contributed by atoms with Crippen molar-refractivity contribution in [1.29, 1.82) is 0 Å². The first-order valence-electron chi connectivity index (χ1n) is 8.22. The van der Waals surface area contributed by atoms with Gasteiger partial charge in [-0.25, -0.2) is 0 Å². The van der Waals surface area contributed by atoms with E-state index in [0.717, 1.165) is 10.8 Å². The first-order chi connectivity index (χ1) is 8.66. The lowest BCUT2D eigenvalue weighted by Crippen LogP contribution is -2.33. The van der Waals surface area contributed by atoms with Crippen LogP contribution in [0.2, 0.25) is 0 Å². The van der Waals surface area contributed by atoms with Gasteiger partial charge >= 0.3 is 0 Å². The summed E-state index contributed by atoms with van der Waals surface area (Å²) in [6, 6.07) is 0. The van der Waals surface area contributed by atoms with Gasteiger partial charge in [0.15, 0.2) is 0 Å². The summed E-state index contributed by atoms with van der Waals surface area (Å²) in [6.07, 6.45) is 15.6. The van der Waals surface area contributed by atoms with Crippen molar-refractivity contribution in [3.63, 3.8) is 0 Å². The van der Waals surface area contributed by atoms with E-state index in [9.17, 15) is 0 Å². The fourth-order valence-corrected chi connectivity index (χ4v) is 18.5. The highest BCUT2D eigenvalue weighted by atomic mass is 32.2. The molecule has 0 unspecified atom stereocenters. The zero-order valence-electron chi connectivity index (χ0n) is 12.1. The predicted molar refractivity (Wildman–Crippen MR) is 83.8 cm³/mol. The van der Waals surface area contributed by atoms with Crippen molar-refractivity contribution in [1.82, 2.24) is 0 Å². The van der Waals surface area contributed by atoms with Crippen LogP contribution in [0.4, 0.5) is 0 Å². The van der Waals surface area contributed by atoms with E-state index in [1.54, 1.807) is 51.4 Å². The molecule has 0 atom stereocenters. The smallest absolute Gasteiger partial charge is 0.0138 e. The Kier molecular flexibility index (Phi) is 2.92. The minimum atomic E-state index is 0.591. The molecule has 2 heterocycles. The van der Waals surface area contributed by atoms with Crippen LogP contribution in [0.15, 0.2) is 0 Å². The second-order valence-electron chi connectivity index (χ2n) is 7.94. The largest absolute Gasteiger partial charge is 0.0627 e. The lowest BCUT2D eigenvalue weighted by atomic mass is 9.76. The van der Waals surface area contributed by atoms with E-state index < -0.39 is 0 Å². The van der Waals surface area contributed by atoms with Crippen LogP contribution in [0.5, 0.6) is 0 Å². The maximum Gasteiger partial charge on any atom is 0.0138 e. The molecule has 0 aromatic carbocycles. The summed E-state index contributed by atoms with van der Waals surface area (Å²) >= 11 is 0. The summed E-state index contributed by atoms with van der Waals surface area (Å²) in [6.45, 7) is 5.32. The van der Waals surface area contributed by atoms with E-state index in [1.807, 2.05) is 0 Å². The third kappa shape index (κ3) is 1.78. The third-order valence-electron chi connectivity index (χ3n) is 6.40. The SMILES string of the molecule is CC1(C2P3C(C4(C)CCCCC4)P23)CCCCC1. The summed E-state index contributed by atoms with van der Waals surface area (Å²) in [7, 11) is 1.18. The Bertz CT molecular complexity index is 297. The molecule has 102 valence electrons. The molecule has 0 spiro atoms. The standard InChI is InChI=1S/C16H28P2/c1-15(9-5-3-6-10-15)13-17-14(18(13)17)16(2)11-7-4-8-12-16/h13-14H,3-12H2,1-2H3. The molecule has 2 saturated carbocycles. The Labute approximate surface area is 115 Å². The molecule has 0 aromatic rings. The first-order valence-corrected chi connectivity index (χ1v) is 11.9. The van der Waals surface area contributed by atoms with Gasteiger partial charge in [-0.05, 0) is 36.5 Å². The monoisotopic (exact) mass is 282 g/mol. The molecule has 4 fully saturated rings. The van der Waals surface area contributed by atoms with Crippen molar-refractivity contribution in [3.05, 3.63) is 0 Å². The molecule has 2 aliphatic heterocycles. The highest BCUT2D eigenvalue weighted by molar-refractivity contribution is 8.62. The van der Waals surface area contributed by atoms with Crippen LogP contribution in [0, 0.1) is 10.8 Å². The molecule has 2 aliphatic carbocycles. The van der Waals surface area contributed by atoms with Crippen molar-refractivity contribution in [3.8, 4) is 0 Å². The summed E-state index contributed by atoms with van der Waals surface area (Å²) in [5, 5.41) is 2.60. The second kappa shape index (κ2) is 4.18. The van der Waals surface area contributed by atoms with Crippen molar-refractivity contribution >= 4 is 15.2 Å². The summed E-state index contributed by atoms with van der Waals surface area (Å²) in [5.74, 6) is 0. The fraction of sp³-hybridized carbons (Fsp3) is 1.00. The van der Waals surface area contributed by atoms with Gasteiger partial charge in [0.2, 0.25) is 0 Å². The minimum absolute atomic E-state index is 0.591. The maximum atomic E-state index is 2.66.